The van der Waals surface area contributed by atoms with Gasteiger partial charge in [0.05, 0.1) is 16.8 Å². The number of hydrogen-bond acceptors (Lipinski definition) is 5. The summed E-state index contributed by atoms with van der Waals surface area (Å²) in [6, 6.07) is 3.54. The van der Waals surface area contributed by atoms with Crippen molar-refractivity contribution in [2.75, 3.05) is 6.54 Å². The number of alkyl halides is 6. The highest BCUT2D eigenvalue weighted by Crippen LogP contribution is 2.51. The molecule has 12 heteroatoms. The van der Waals surface area contributed by atoms with Crippen molar-refractivity contribution in [2.24, 2.45) is 5.73 Å². The van der Waals surface area contributed by atoms with Gasteiger partial charge in [-0.25, -0.2) is 15.4 Å². The van der Waals surface area contributed by atoms with Crippen LogP contribution in [0.4, 0.5) is 26.3 Å². The van der Waals surface area contributed by atoms with E-state index in [1.54, 1.807) is 6.08 Å². The van der Waals surface area contributed by atoms with E-state index >= 15 is 0 Å². The number of primary amides is 1. The molecule has 0 radical (unpaired) electrons. The Hall–Kier alpha value is -2.99. The Morgan fingerprint density at radius 3 is 2.44 bits per heavy atom. The van der Waals surface area contributed by atoms with Gasteiger partial charge in [0.15, 0.2) is 0 Å². The van der Waals surface area contributed by atoms with Crippen LogP contribution >= 0.6 is 0 Å². The molecule has 2 heterocycles. The molecule has 1 spiro atoms. The van der Waals surface area contributed by atoms with Gasteiger partial charge in [0.2, 0.25) is 5.91 Å². The first kappa shape index (κ1) is 22.2. The largest absolute Gasteiger partial charge is 0.433 e. The summed E-state index contributed by atoms with van der Waals surface area (Å²) >= 11 is 0. The minimum absolute atomic E-state index is 0.0850. The lowest BCUT2D eigenvalue weighted by molar-refractivity contribution is -0.141. The molecule has 1 aromatic carbocycles. The number of nitrogens with two attached hydrogens (primary N) is 1. The highest BCUT2D eigenvalue weighted by Gasteiger charge is 2.49. The van der Waals surface area contributed by atoms with Crippen molar-refractivity contribution in [2.45, 2.75) is 36.7 Å². The minimum atomic E-state index is -4.79. The van der Waals surface area contributed by atoms with Crippen LogP contribution in [-0.4, -0.2) is 28.0 Å². The van der Waals surface area contributed by atoms with E-state index in [9.17, 15) is 31.1 Å². The standard InChI is InChI=1S/C20H17F6N5O/c21-19(22,23)11-1-2-12(13(5-11)15-6-16(20(24,25)26)29-9-28-15)14-3-4-18(14)7-10(17(27)32)8-30-31-18/h1-2,5-7,9,14,30-31H,3-4,8H2,(H2,27,32). The normalized spacial score (nSPS) is 23.6. The molecule has 4 rings (SSSR count). The van der Waals surface area contributed by atoms with Crippen LogP contribution in [0.15, 0.2) is 42.2 Å². The zero-order valence-electron chi connectivity index (χ0n) is 16.3. The fourth-order valence-corrected chi connectivity index (χ4v) is 4.13. The molecule has 1 amide bonds. The van der Waals surface area contributed by atoms with Crippen LogP contribution in [-0.2, 0) is 17.1 Å². The van der Waals surface area contributed by atoms with Crippen LogP contribution in [0.1, 0.15) is 35.6 Å². The lowest BCUT2D eigenvalue weighted by Crippen LogP contribution is -2.63. The monoisotopic (exact) mass is 457 g/mol. The van der Waals surface area contributed by atoms with E-state index in [0.717, 1.165) is 12.1 Å². The van der Waals surface area contributed by atoms with Gasteiger partial charge in [0.1, 0.15) is 12.0 Å². The molecule has 6 nitrogen and oxygen atoms in total. The molecule has 1 saturated carbocycles. The molecule has 1 aliphatic carbocycles. The molecule has 1 aliphatic heterocycles. The molecule has 1 aromatic heterocycles. The third-order valence-corrected chi connectivity index (χ3v) is 5.81. The first-order chi connectivity index (χ1) is 14.9. The highest BCUT2D eigenvalue weighted by atomic mass is 19.4. The molecule has 2 unspecified atom stereocenters. The van der Waals surface area contributed by atoms with Gasteiger partial charge in [-0.15, -0.1) is 0 Å². The summed E-state index contributed by atoms with van der Waals surface area (Å²) in [6.07, 6.45) is -6.11. The highest BCUT2D eigenvalue weighted by molar-refractivity contribution is 5.93. The maximum atomic E-state index is 13.4. The number of amides is 1. The van der Waals surface area contributed by atoms with Gasteiger partial charge in [-0.3, -0.25) is 10.2 Å². The minimum Gasteiger partial charge on any atom is -0.366 e. The van der Waals surface area contributed by atoms with Crippen molar-refractivity contribution >= 4 is 5.91 Å². The van der Waals surface area contributed by atoms with Crippen LogP contribution in [0, 0.1) is 0 Å². The lowest BCUT2D eigenvalue weighted by atomic mass is 9.62. The maximum Gasteiger partial charge on any atom is 0.433 e. The van der Waals surface area contributed by atoms with E-state index in [-0.39, 0.29) is 17.8 Å². The third-order valence-electron chi connectivity index (χ3n) is 5.81. The van der Waals surface area contributed by atoms with Gasteiger partial charge in [-0.2, -0.15) is 26.3 Å². The van der Waals surface area contributed by atoms with Gasteiger partial charge in [-0.1, -0.05) is 12.1 Å². The van der Waals surface area contributed by atoms with Crippen LogP contribution in [0.5, 0.6) is 0 Å². The summed E-state index contributed by atoms with van der Waals surface area (Å²) in [4.78, 5) is 18.6. The number of carbonyl (C=O) groups is 1. The van der Waals surface area contributed by atoms with E-state index in [1.165, 1.54) is 6.07 Å². The average Bonchev–Trinajstić information content (AvgIpc) is 2.72. The van der Waals surface area contributed by atoms with Gasteiger partial charge >= 0.3 is 12.4 Å². The van der Waals surface area contributed by atoms with Crippen molar-refractivity contribution in [1.82, 2.24) is 20.8 Å². The van der Waals surface area contributed by atoms with Gasteiger partial charge < -0.3 is 5.73 Å². The summed E-state index contributed by atoms with van der Waals surface area (Å²) in [6.45, 7) is 0.171. The van der Waals surface area contributed by atoms with Crippen LogP contribution in [0.25, 0.3) is 11.3 Å². The second kappa shape index (κ2) is 7.55. The summed E-state index contributed by atoms with van der Waals surface area (Å²) in [5, 5.41) is 0. The number of carbonyl (C=O) groups excluding carboxylic acids is 1. The number of hydrazine groups is 1. The van der Waals surface area contributed by atoms with Gasteiger partial charge in [-0.05, 0) is 36.6 Å². The molecule has 4 N–H and O–H groups in total. The summed E-state index contributed by atoms with van der Waals surface area (Å²) < 4.78 is 79.6. The molecule has 2 aliphatic rings. The smallest absolute Gasteiger partial charge is 0.366 e. The zero-order chi connectivity index (χ0) is 23.3. The summed E-state index contributed by atoms with van der Waals surface area (Å²) in [7, 11) is 0. The number of aromatic nitrogens is 2. The van der Waals surface area contributed by atoms with Crippen LogP contribution < -0.4 is 16.6 Å². The Balaban J connectivity index is 1.85. The van der Waals surface area contributed by atoms with E-state index in [4.69, 9.17) is 5.73 Å². The zero-order valence-corrected chi connectivity index (χ0v) is 16.3. The summed E-state index contributed by atoms with van der Waals surface area (Å²) in [5.74, 6) is -1.08. The topological polar surface area (TPSA) is 92.9 Å². The van der Waals surface area contributed by atoms with E-state index in [2.05, 4.69) is 20.8 Å². The Morgan fingerprint density at radius 1 is 1.09 bits per heavy atom. The second-order valence-electron chi connectivity index (χ2n) is 7.73. The van der Waals surface area contributed by atoms with Crippen LogP contribution in [0.2, 0.25) is 0 Å². The molecule has 0 saturated heterocycles. The average molecular weight is 457 g/mol. The Bertz CT molecular complexity index is 1100. The van der Waals surface area contributed by atoms with Crippen molar-refractivity contribution in [3.63, 3.8) is 0 Å². The van der Waals surface area contributed by atoms with E-state index in [0.29, 0.717) is 36.4 Å². The number of benzene rings is 1. The van der Waals surface area contributed by atoms with Crippen molar-refractivity contribution < 1.29 is 31.1 Å². The van der Waals surface area contributed by atoms with Crippen molar-refractivity contribution in [1.29, 1.82) is 0 Å². The number of hydrogen-bond donors (Lipinski definition) is 3. The Morgan fingerprint density at radius 2 is 1.84 bits per heavy atom. The molecule has 32 heavy (non-hydrogen) atoms. The Kier molecular flexibility index (Phi) is 5.24. The molecule has 2 aromatic rings. The fourth-order valence-electron chi connectivity index (χ4n) is 4.13. The van der Waals surface area contributed by atoms with E-state index in [1.807, 2.05) is 0 Å². The van der Waals surface area contributed by atoms with Crippen molar-refractivity contribution in [3.8, 4) is 11.3 Å². The van der Waals surface area contributed by atoms with Gasteiger partial charge in [0, 0.05) is 23.6 Å². The van der Waals surface area contributed by atoms with E-state index < -0.39 is 41.0 Å². The van der Waals surface area contributed by atoms with Crippen LogP contribution in [0.3, 0.4) is 0 Å². The maximum absolute atomic E-state index is 13.4. The first-order valence-corrected chi connectivity index (χ1v) is 9.53. The lowest BCUT2D eigenvalue weighted by Gasteiger charge is -2.51. The molecular formula is C20H17F6N5O. The van der Waals surface area contributed by atoms with Gasteiger partial charge in [0.25, 0.3) is 0 Å². The Labute approximate surface area is 177 Å². The molecular weight excluding hydrogens is 440 g/mol. The summed E-state index contributed by atoms with van der Waals surface area (Å²) in [5.41, 5.74) is 8.50. The second-order valence-corrected chi connectivity index (χ2v) is 7.73. The third kappa shape index (κ3) is 3.95. The number of rotatable bonds is 3. The van der Waals surface area contributed by atoms with Crippen molar-refractivity contribution in [3.05, 3.63) is 59.1 Å². The first-order valence-electron chi connectivity index (χ1n) is 9.53. The molecule has 170 valence electrons. The SMILES string of the molecule is NC(=O)C1=CC2(CCC2c2ccc(C(F)(F)F)cc2-c2cc(C(F)(F)F)ncn2)NNC1. The number of nitrogens with zero attached hydrogens (tertiary/aromatic N) is 2. The molecule has 0 bridgehead atoms. The number of nitrogens with one attached hydrogen (secondary N) is 2. The number of halogens is 6. The molecule has 1 fully saturated rings. The predicted molar refractivity (Wildman–Crippen MR) is 101 cm³/mol. The quantitative estimate of drug-likeness (QED) is 0.615. The predicted octanol–water partition coefficient (Wildman–Crippen LogP) is 3.32. The molecule has 2 atom stereocenters. The fraction of sp³-hybridized carbons (Fsp3) is 0.350.